The van der Waals surface area contributed by atoms with Gasteiger partial charge in [0.05, 0.1) is 6.61 Å². The third-order valence-corrected chi connectivity index (χ3v) is 0.236. The Morgan fingerprint density at radius 2 is 2.20 bits per heavy atom. The molecule has 0 spiro atoms. The molecule has 0 fully saturated rings. The molecule has 0 aliphatic heterocycles. The van der Waals surface area contributed by atoms with E-state index in [0.29, 0.717) is 6.29 Å². The fourth-order valence-corrected chi connectivity index (χ4v) is 0.0481. The minimum atomic E-state index is -0.274. The zero-order chi connectivity index (χ0) is 4.12. The van der Waals surface area contributed by atoms with Gasteiger partial charge in [0.25, 0.3) is 0 Å². The summed E-state index contributed by atoms with van der Waals surface area (Å²) in [5.74, 6) is 0. The van der Waals surface area contributed by atoms with Crippen LogP contribution in [0.4, 0.5) is 0 Å². The maximum Gasteiger partial charge on any atom is 0.122 e. The van der Waals surface area contributed by atoms with Crippen molar-refractivity contribution in [3.8, 4) is 0 Å². The van der Waals surface area contributed by atoms with Crippen LogP contribution in [0, 0.1) is 0 Å². The molecule has 0 bridgehead atoms. The van der Waals surface area contributed by atoms with Crippen LogP contribution in [0.5, 0.6) is 0 Å². The van der Waals surface area contributed by atoms with Crippen LogP contribution in [0.25, 0.3) is 0 Å². The Morgan fingerprint density at radius 1 is 1.60 bits per heavy atom. The van der Waals surface area contributed by atoms with Crippen LogP contribution in [0.2, 0.25) is 0 Å². The summed E-state index contributed by atoms with van der Waals surface area (Å²) in [6.45, 7) is -0.274. The van der Waals surface area contributed by atoms with E-state index in [2.05, 4.69) is 0 Å². The van der Waals surface area contributed by atoms with Gasteiger partial charge in [0.2, 0.25) is 0 Å². The van der Waals surface area contributed by atoms with E-state index in [1.807, 2.05) is 0 Å². The minimum absolute atomic E-state index is 0.153. The number of rotatable bonds is 2. The molecule has 2 heteroatoms. The summed E-state index contributed by atoms with van der Waals surface area (Å²) in [5, 5.41) is 9.30. The third kappa shape index (κ3) is 3.63. The van der Waals surface area contributed by atoms with Gasteiger partial charge in [0, 0.05) is 6.42 Å². The summed E-state index contributed by atoms with van der Waals surface area (Å²) in [4.78, 5) is 9.20. The van der Waals surface area contributed by atoms with E-state index in [4.69, 9.17) is 0 Å². The predicted octanol–water partition coefficient (Wildman–Crippen LogP) is 0.00590. The molecule has 0 amide bonds. The molecule has 0 aliphatic carbocycles. The van der Waals surface area contributed by atoms with Crippen LogP contribution in [-0.2, 0) is 9.90 Å². The lowest BCUT2D eigenvalue weighted by Gasteiger charge is -1.65. The van der Waals surface area contributed by atoms with E-state index in [9.17, 15) is 9.90 Å². The van der Waals surface area contributed by atoms with E-state index in [1.54, 1.807) is 0 Å². The number of aldehydes is 1. The molecule has 2 nitrogen and oxygen atoms in total. The van der Waals surface area contributed by atoms with E-state index in [0.717, 1.165) is 0 Å². The fourth-order valence-electron chi connectivity index (χ4n) is 0.0481. The highest BCUT2D eigenvalue weighted by molar-refractivity contribution is 5.49. The highest BCUT2D eigenvalue weighted by Gasteiger charge is 1.70. The monoisotopic (exact) mass is 73.0 g/mol. The van der Waals surface area contributed by atoms with Gasteiger partial charge in [0.1, 0.15) is 6.29 Å². The number of carbonyl (C=O) groups is 1. The van der Waals surface area contributed by atoms with Gasteiger partial charge in [-0.05, 0) is 0 Å². The average molecular weight is 73.1 g/mol. The average Bonchev–Trinajstić information content (AvgIpc) is 1.41. The first-order valence-electron chi connectivity index (χ1n) is 1.43. The third-order valence-electron chi connectivity index (χ3n) is 0.236. The molecule has 0 saturated heterocycles. The smallest absolute Gasteiger partial charge is 0.122 e. The zero-order valence-corrected chi connectivity index (χ0v) is 2.81. The van der Waals surface area contributed by atoms with Crippen molar-refractivity contribution in [2.24, 2.45) is 0 Å². The Bertz CT molecular complexity index is 26.1. The van der Waals surface area contributed by atoms with Gasteiger partial charge >= 0.3 is 0 Å². The van der Waals surface area contributed by atoms with Crippen molar-refractivity contribution in [2.45, 2.75) is 6.42 Å². The molecule has 5 heavy (non-hydrogen) atoms. The van der Waals surface area contributed by atoms with Gasteiger partial charge in [-0.3, -0.25) is 0 Å². The second-order valence-electron chi connectivity index (χ2n) is 0.659. The van der Waals surface area contributed by atoms with Crippen LogP contribution in [-0.4, -0.2) is 12.9 Å². The molecule has 0 aliphatic rings. The van der Waals surface area contributed by atoms with Gasteiger partial charge in [-0.2, -0.15) is 0 Å². The van der Waals surface area contributed by atoms with Crippen molar-refractivity contribution in [1.82, 2.24) is 0 Å². The summed E-state index contributed by atoms with van der Waals surface area (Å²) >= 11 is 0. The zero-order valence-electron chi connectivity index (χ0n) is 2.81. The molecule has 0 atom stereocenters. The highest BCUT2D eigenvalue weighted by Crippen LogP contribution is 1.60. The second-order valence-corrected chi connectivity index (χ2v) is 0.659. The first kappa shape index (κ1) is 4.63. The van der Waals surface area contributed by atoms with Crippen molar-refractivity contribution in [3.63, 3.8) is 0 Å². The quantitative estimate of drug-likeness (QED) is 0.424. The first-order chi connectivity index (χ1) is 2.41. The summed E-state index contributed by atoms with van der Waals surface area (Å²) in [6.07, 6.45) is 0.771. The lowest BCUT2D eigenvalue weighted by molar-refractivity contribution is -0.108. The molecule has 0 aromatic rings. The number of hydrogen-bond donors (Lipinski definition) is 0. The largest absolute Gasteiger partial charge is 0.303 e. The lowest BCUT2D eigenvalue weighted by atomic mass is 10.5. The molecule has 0 unspecified atom stereocenters. The molecule has 29 valence electrons. The summed E-state index contributed by atoms with van der Waals surface area (Å²) in [5.41, 5.74) is 0. The molecule has 0 rings (SSSR count). The van der Waals surface area contributed by atoms with Crippen molar-refractivity contribution in [2.75, 3.05) is 6.61 Å². The summed E-state index contributed by atoms with van der Waals surface area (Å²) in [6, 6.07) is 0. The lowest BCUT2D eigenvalue weighted by Crippen LogP contribution is -1.76. The van der Waals surface area contributed by atoms with Gasteiger partial charge < -0.3 is 4.79 Å². The van der Waals surface area contributed by atoms with E-state index >= 15 is 0 Å². The van der Waals surface area contributed by atoms with E-state index < -0.39 is 0 Å². The number of carbonyl (C=O) groups excluding carboxylic acids is 1. The van der Waals surface area contributed by atoms with Crippen molar-refractivity contribution in [1.29, 1.82) is 0 Å². The van der Waals surface area contributed by atoms with Crippen molar-refractivity contribution in [3.05, 3.63) is 0 Å². The maximum absolute atomic E-state index is 9.30. The fraction of sp³-hybridized carbons (Fsp3) is 0.667. The Hall–Kier alpha value is -0.370. The van der Waals surface area contributed by atoms with Crippen LogP contribution >= 0.6 is 0 Å². The van der Waals surface area contributed by atoms with Crippen molar-refractivity contribution >= 4 is 6.29 Å². The molecule has 1 radical (unpaired) electrons. The minimum Gasteiger partial charge on any atom is -0.303 e. The van der Waals surface area contributed by atoms with Crippen LogP contribution < -0.4 is 0 Å². The molecule has 0 aromatic heterocycles. The Labute approximate surface area is 30.4 Å². The molecular formula is C3H5O2. The second kappa shape index (κ2) is 3.63. The SMILES string of the molecule is [O]CCC=O. The normalized spacial score (nSPS) is 7.40. The molecule has 0 aromatic carbocycles. The van der Waals surface area contributed by atoms with Crippen LogP contribution in [0.1, 0.15) is 6.42 Å². The Kier molecular flexibility index (Phi) is 3.36. The predicted molar refractivity (Wildman–Crippen MR) is 16.2 cm³/mol. The molecular weight excluding hydrogens is 68.0 g/mol. The molecule has 0 heterocycles. The molecule has 0 N–H and O–H groups in total. The Morgan fingerprint density at radius 3 is 2.20 bits per heavy atom. The Balaban J connectivity index is 2.40. The summed E-state index contributed by atoms with van der Waals surface area (Å²) in [7, 11) is 0. The summed E-state index contributed by atoms with van der Waals surface area (Å²) < 4.78 is 0. The van der Waals surface area contributed by atoms with E-state index in [1.165, 1.54) is 0 Å². The highest BCUT2D eigenvalue weighted by atomic mass is 16.3. The van der Waals surface area contributed by atoms with Crippen LogP contribution in [0.15, 0.2) is 0 Å². The maximum atomic E-state index is 9.30. The molecule has 0 saturated carbocycles. The van der Waals surface area contributed by atoms with Gasteiger partial charge in [-0.15, -0.1) is 0 Å². The standard InChI is InChI=1S/C3H5O2/c4-2-1-3-5/h2H,1,3H2. The topological polar surface area (TPSA) is 37.0 Å². The van der Waals surface area contributed by atoms with Gasteiger partial charge in [-0.1, -0.05) is 0 Å². The number of hydrogen-bond acceptors (Lipinski definition) is 1. The van der Waals surface area contributed by atoms with Crippen LogP contribution in [0.3, 0.4) is 0 Å². The first-order valence-corrected chi connectivity index (χ1v) is 1.43. The van der Waals surface area contributed by atoms with Gasteiger partial charge in [0.15, 0.2) is 0 Å². The van der Waals surface area contributed by atoms with Crippen molar-refractivity contribution < 1.29 is 9.90 Å². The van der Waals surface area contributed by atoms with Gasteiger partial charge in [-0.25, -0.2) is 5.11 Å². The van der Waals surface area contributed by atoms with E-state index in [-0.39, 0.29) is 13.0 Å².